The second-order valence-electron chi connectivity index (χ2n) is 5.19. The van der Waals surface area contributed by atoms with Gasteiger partial charge >= 0.3 is 0 Å². The first-order valence-corrected chi connectivity index (χ1v) is 7.83. The van der Waals surface area contributed by atoms with Crippen LogP contribution in [0, 0.1) is 0 Å². The summed E-state index contributed by atoms with van der Waals surface area (Å²) in [5.74, 6) is 0.797. The summed E-state index contributed by atoms with van der Waals surface area (Å²) in [5.41, 5.74) is 1.85. The summed E-state index contributed by atoms with van der Waals surface area (Å²) in [6.07, 6.45) is 0. The van der Waals surface area contributed by atoms with Gasteiger partial charge in [-0.15, -0.1) is 10.2 Å². The van der Waals surface area contributed by atoms with Crippen molar-refractivity contribution in [2.75, 3.05) is 44.7 Å². The molecule has 116 valence electrons. The Labute approximate surface area is 135 Å². The summed E-state index contributed by atoms with van der Waals surface area (Å²) in [4.78, 5) is 2.38. The fourth-order valence-corrected chi connectivity index (χ4v) is 2.49. The molecule has 0 amide bonds. The second kappa shape index (κ2) is 7.54. The third-order valence-electron chi connectivity index (χ3n) is 3.64. The van der Waals surface area contributed by atoms with Crippen molar-refractivity contribution in [2.45, 2.75) is 0 Å². The van der Waals surface area contributed by atoms with Crippen molar-refractivity contribution in [3.05, 3.63) is 41.4 Å². The Morgan fingerprint density at radius 2 is 1.82 bits per heavy atom. The summed E-state index contributed by atoms with van der Waals surface area (Å²) in [6.45, 7) is 5.51. The molecule has 2 aromatic rings. The molecule has 1 aromatic carbocycles. The highest BCUT2D eigenvalue weighted by molar-refractivity contribution is 6.30. The average molecular weight is 319 g/mol. The maximum atomic E-state index is 5.89. The molecule has 0 saturated carbocycles. The Bertz CT molecular complexity index is 582. The molecule has 0 bridgehead atoms. The number of ether oxygens (including phenoxy) is 1. The normalized spacial score (nSPS) is 15.7. The van der Waals surface area contributed by atoms with E-state index in [0.29, 0.717) is 0 Å². The van der Waals surface area contributed by atoms with E-state index in [4.69, 9.17) is 16.3 Å². The predicted octanol–water partition coefficient (Wildman–Crippen LogP) is 2.54. The van der Waals surface area contributed by atoms with Gasteiger partial charge in [0.1, 0.15) is 5.82 Å². The lowest BCUT2D eigenvalue weighted by Crippen LogP contribution is -2.39. The lowest BCUT2D eigenvalue weighted by molar-refractivity contribution is 0.0398. The number of anilines is 1. The second-order valence-corrected chi connectivity index (χ2v) is 5.63. The first kappa shape index (κ1) is 15.2. The molecule has 1 N–H and O–H groups in total. The van der Waals surface area contributed by atoms with Crippen molar-refractivity contribution < 1.29 is 4.74 Å². The van der Waals surface area contributed by atoms with E-state index < -0.39 is 0 Å². The lowest BCUT2D eigenvalue weighted by atomic mass is 10.1. The molecule has 1 saturated heterocycles. The molecule has 0 unspecified atom stereocenters. The van der Waals surface area contributed by atoms with Gasteiger partial charge in [0, 0.05) is 36.8 Å². The molecular weight excluding hydrogens is 300 g/mol. The Morgan fingerprint density at radius 3 is 2.50 bits per heavy atom. The molecule has 0 aliphatic carbocycles. The third kappa shape index (κ3) is 4.16. The van der Waals surface area contributed by atoms with Gasteiger partial charge in [-0.05, 0) is 24.3 Å². The zero-order valence-corrected chi connectivity index (χ0v) is 13.1. The van der Waals surface area contributed by atoms with Crippen LogP contribution in [0.2, 0.25) is 5.02 Å². The lowest BCUT2D eigenvalue weighted by Gasteiger charge is -2.26. The Hall–Kier alpha value is -1.69. The van der Waals surface area contributed by atoms with Gasteiger partial charge in [0.15, 0.2) is 0 Å². The fourth-order valence-electron chi connectivity index (χ4n) is 2.37. The highest BCUT2D eigenvalue weighted by Crippen LogP contribution is 2.19. The minimum atomic E-state index is 0.720. The zero-order valence-electron chi connectivity index (χ0n) is 12.3. The van der Waals surface area contributed by atoms with Crippen LogP contribution in [0.5, 0.6) is 0 Å². The highest BCUT2D eigenvalue weighted by atomic mass is 35.5. The summed E-state index contributed by atoms with van der Waals surface area (Å²) >= 11 is 5.89. The SMILES string of the molecule is Clc1ccc(-c2ccc(NCCN3CCOCC3)nn2)cc1. The van der Waals surface area contributed by atoms with Gasteiger partial charge in [-0.1, -0.05) is 23.7 Å². The van der Waals surface area contributed by atoms with Crippen LogP contribution in [0.3, 0.4) is 0 Å². The van der Waals surface area contributed by atoms with Crippen LogP contribution in [0.4, 0.5) is 5.82 Å². The molecular formula is C16H19ClN4O. The number of nitrogens with zero attached hydrogens (tertiary/aromatic N) is 3. The van der Waals surface area contributed by atoms with E-state index in [0.717, 1.165) is 61.5 Å². The molecule has 22 heavy (non-hydrogen) atoms. The predicted molar refractivity (Wildman–Crippen MR) is 88.2 cm³/mol. The fraction of sp³-hybridized carbons (Fsp3) is 0.375. The Kier molecular flexibility index (Phi) is 5.21. The van der Waals surface area contributed by atoms with Crippen LogP contribution < -0.4 is 5.32 Å². The molecule has 0 atom stereocenters. The maximum absolute atomic E-state index is 5.89. The summed E-state index contributed by atoms with van der Waals surface area (Å²) < 4.78 is 5.33. The van der Waals surface area contributed by atoms with Crippen LogP contribution in [0.25, 0.3) is 11.3 Å². The smallest absolute Gasteiger partial charge is 0.148 e. The molecule has 0 spiro atoms. The van der Waals surface area contributed by atoms with Crippen molar-refractivity contribution in [1.82, 2.24) is 15.1 Å². The van der Waals surface area contributed by atoms with Gasteiger partial charge in [0.25, 0.3) is 0 Å². The van der Waals surface area contributed by atoms with Crippen LogP contribution in [-0.4, -0.2) is 54.5 Å². The minimum Gasteiger partial charge on any atom is -0.379 e. The Balaban J connectivity index is 1.51. The van der Waals surface area contributed by atoms with E-state index in [9.17, 15) is 0 Å². The van der Waals surface area contributed by atoms with E-state index >= 15 is 0 Å². The summed E-state index contributed by atoms with van der Waals surface area (Å²) in [7, 11) is 0. The first-order chi connectivity index (χ1) is 10.8. The molecule has 1 aliphatic rings. The number of rotatable bonds is 5. The Morgan fingerprint density at radius 1 is 1.05 bits per heavy atom. The van der Waals surface area contributed by atoms with Crippen molar-refractivity contribution in [3.63, 3.8) is 0 Å². The molecule has 1 aromatic heterocycles. The quantitative estimate of drug-likeness (QED) is 0.918. The van der Waals surface area contributed by atoms with Crippen LogP contribution >= 0.6 is 11.6 Å². The van der Waals surface area contributed by atoms with Crippen LogP contribution in [0.1, 0.15) is 0 Å². The van der Waals surface area contributed by atoms with E-state index in [1.807, 2.05) is 36.4 Å². The summed E-state index contributed by atoms with van der Waals surface area (Å²) in [5, 5.41) is 12.5. The molecule has 1 fully saturated rings. The van der Waals surface area contributed by atoms with Crippen molar-refractivity contribution in [3.8, 4) is 11.3 Å². The molecule has 3 rings (SSSR count). The van der Waals surface area contributed by atoms with Gasteiger partial charge in [-0.3, -0.25) is 4.90 Å². The molecule has 5 nitrogen and oxygen atoms in total. The van der Waals surface area contributed by atoms with E-state index in [2.05, 4.69) is 20.4 Å². The van der Waals surface area contributed by atoms with Gasteiger partial charge in [0.05, 0.1) is 18.9 Å². The van der Waals surface area contributed by atoms with E-state index in [1.165, 1.54) is 0 Å². The monoisotopic (exact) mass is 318 g/mol. The first-order valence-electron chi connectivity index (χ1n) is 7.45. The standard InChI is InChI=1S/C16H19ClN4O/c17-14-3-1-13(2-4-14)15-5-6-16(20-19-15)18-7-8-21-9-11-22-12-10-21/h1-6H,7-12H2,(H,18,20). The third-order valence-corrected chi connectivity index (χ3v) is 3.89. The van der Waals surface area contributed by atoms with Gasteiger partial charge in [-0.2, -0.15) is 0 Å². The number of nitrogens with one attached hydrogen (secondary N) is 1. The number of halogens is 1. The molecule has 6 heteroatoms. The van der Waals surface area contributed by atoms with Gasteiger partial charge < -0.3 is 10.1 Å². The number of morpholine rings is 1. The number of hydrogen-bond donors (Lipinski definition) is 1. The van der Waals surface area contributed by atoms with Gasteiger partial charge in [0.2, 0.25) is 0 Å². The van der Waals surface area contributed by atoms with Crippen molar-refractivity contribution in [1.29, 1.82) is 0 Å². The van der Waals surface area contributed by atoms with E-state index in [-0.39, 0.29) is 0 Å². The molecule has 0 radical (unpaired) electrons. The van der Waals surface area contributed by atoms with Crippen LogP contribution in [0.15, 0.2) is 36.4 Å². The van der Waals surface area contributed by atoms with Crippen molar-refractivity contribution >= 4 is 17.4 Å². The average Bonchev–Trinajstić information content (AvgIpc) is 2.57. The summed E-state index contributed by atoms with van der Waals surface area (Å²) in [6, 6.07) is 11.5. The maximum Gasteiger partial charge on any atom is 0.148 e. The number of hydrogen-bond acceptors (Lipinski definition) is 5. The van der Waals surface area contributed by atoms with E-state index in [1.54, 1.807) is 0 Å². The largest absolute Gasteiger partial charge is 0.379 e. The molecule has 1 aliphatic heterocycles. The van der Waals surface area contributed by atoms with Crippen molar-refractivity contribution in [2.24, 2.45) is 0 Å². The zero-order chi connectivity index (χ0) is 15.2. The topological polar surface area (TPSA) is 50.3 Å². The minimum absolute atomic E-state index is 0.720. The van der Waals surface area contributed by atoms with Gasteiger partial charge in [-0.25, -0.2) is 0 Å². The van der Waals surface area contributed by atoms with Crippen LogP contribution in [-0.2, 0) is 4.74 Å². The number of benzene rings is 1. The highest BCUT2D eigenvalue weighted by Gasteiger charge is 2.09. The molecule has 2 heterocycles. The number of aromatic nitrogens is 2.